The first-order valence-electron chi connectivity index (χ1n) is 9.80. The molecule has 0 aliphatic rings. The van der Waals surface area contributed by atoms with Crippen molar-refractivity contribution < 1.29 is 0 Å². The molecular formula is C25H31N. The van der Waals surface area contributed by atoms with Gasteiger partial charge in [-0.25, -0.2) is 0 Å². The smallest absolute Gasteiger partial charge is 0.0538 e. The molecule has 1 heteroatoms. The Hall–Kier alpha value is -2.28. The third-order valence-electron chi connectivity index (χ3n) is 5.23. The van der Waals surface area contributed by atoms with Crippen LogP contribution in [0.15, 0.2) is 54.6 Å². The molecule has 0 saturated heterocycles. The lowest BCUT2D eigenvalue weighted by Gasteiger charge is -2.19. The molecule has 136 valence electrons. The van der Waals surface area contributed by atoms with Crippen LogP contribution in [0.25, 0.3) is 27.5 Å². The van der Waals surface area contributed by atoms with E-state index in [-0.39, 0.29) is 5.41 Å². The van der Waals surface area contributed by atoms with E-state index in [0.717, 1.165) is 12.8 Å². The van der Waals surface area contributed by atoms with Gasteiger partial charge in [0.15, 0.2) is 0 Å². The summed E-state index contributed by atoms with van der Waals surface area (Å²) < 4.78 is 2.44. The van der Waals surface area contributed by atoms with Crippen LogP contribution in [0.5, 0.6) is 0 Å². The van der Waals surface area contributed by atoms with Crippen molar-refractivity contribution in [2.75, 3.05) is 0 Å². The molecule has 0 spiro atoms. The van der Waals surface area contributed by atoms with Crippen molar-refractivity contribution in [2.24, 2.45) is 0 Å². The predicted octanol–water partition coefficient (Wildman–Crippen LogP) is 7.48. The summed E-state index contributed by atoms with van der Waals surface area (Å²) in [6.07, 6.45) is 8.54. The van der Waals surface area contributed by atoms with Crippen LogP contribution in [0.1, 0.15) is 59.1 Å². The Bertz CT molecular complexity index is 990. The topological polar surface area (TPSA) is 4.93 Å². The molecule has 0 unspecified atom stereocenters. The summed E-state index contributed by atoms with van der Waals surface area (Å²) in [5, 5.41) is 2.73. The molecule has 3 rings (SSSR count). The lowest BCUT2D eigenvalue weighted by molar-refractivity contribution is 0.591. The second-order valence-electron chi connectivity index (χ2n) is 8.06. The van der Waals surface area contributed by atoms with Crippen LogP contribution in [0, 0.1) is 0 Å². The summed E-state index contributed by atoms with van der Waals surface area (Å²) in [5.41, 5.74) is 6.88. The minimum atomic E-state index is 0.152. The maximum Gasteiger partial charge on any atom is 0.0538 e. The van der Waals surface area contributed by atoms with Gasteiger partial charge in [0.05, 0.1) is 11.0 Å². The van der Waals surface area contributed by atoms with Crippen LogP contribution in [-0.4, -0.2) is 4.57 Å². The Balaban J connectivity index is 2.42. The summed E-state index contributed by atoms with van der Waals surface area (Å²) in [7, 11) is 0. The van der Waals surface area contributed by atoms with Gasteiger partial charge in [0, 0.05) is 16.5 Å². The van der Waals surface area contributed by atoms with Crippen molar-refractivity contribution in [3.63, 3.8) is 0 Å². The maximum atomic E-state index is 2.44. The molecule has 0 radical (unpaired) electrons. The van der Waals surface area contributed by atoms with Crippen LogP contribution in [0.3, 0.4) is 0 Å². The van der Waals surface area contributed by atoms with Gasteiger partial charge in [0.25, 0.3) is 0 Å². The summed E-state index contributed by atoms with van der Waals surface area (Å²) in [6.45, 7) is 13.4. The monoisotopic (exact) mass is 345 g/mol. The van der Waals surface area contributed by atoms with Crippen LogP contribution >= 0.6 is 0 Å². The largest absolute Gasteiger partial charge is 0.313 e. The van der Waals surface area contributed by atoms with Crippen molar-refractivity contribution in [2.45, 2.75) is 59.8 Å². The first-order chi connectivity index (χ1) is 12.4. The van der Waals surface area contributed by atoms with Crippen LogP contribution < -0.4 is 0 Å². The normalized spacial score (nSPS) is 13.4. The lowest BCUT2D eigenvalue weighted by atomic mass is 9.86. The third kappa shape index (κ3) is 3.23. The van der Waals surface area contributed by atoms with E-state index in [0.29, 0.717) is 0 Å². The Morgan fingerprint density at radius 3 is 2.19 bits per heavy atom. The van der Waals surface area contributed by atoms with Gasteiger partial charge in [-0.15, -0.1) is 0 Å². The van der Waals surface area contributed by atoms with E-state index in [9.17, 15) is 0 Å². The van der Waals surface area contributed by atoms with Crippen molar-refractivity contribution in [3.05, 3.63) is 65.8 Å². The van der Waals surface area contributed by atoms with Crippen molar-refractivity contribution >= 4 is 27.5 Å². The third-order valence-corrected chi connectivity index (χ3v) is 5.23. The molecule has 1 aromatic heterocycles. The number of hydrogen-bond donors (Lipinski definition) is 0. The number of aryl methyl sites for hydroxylation is 1. The van der Waals surface area contributed by atoms with Crippen molar-refractivity contribution in [1.29, 1.82) is 0 Å². The quantitative estimate of drug-likeness (QED) is 0.432. The molecular weight excluding hydrogens is 314 g/mol. The zero-order valence-corrected chi connectivity index (χ0v) is 17.1. The number of allylic oxidation sites excluding steroid dienone is 4. The van der Waals surface area contributed by atoms with E-state index in [2.05, 4.69) is 101 Å². The number of benzene rings is 2. The summed E-state index contributed by atoms with van der Waals surface area (Å²) in [6, 6.07) is 13.9. The maximum absolute atomic E-state index is 2.44. The summed E-state index contributed by atoms with van der Waals surface area (Å²) >= 11 is 0. The highest BCUT2D eigenvalue weighted by Gasteiger charge is 2.18. The number of fused-ring (bicyclic) bond motifs is 3. The zero-order chi connectivity index (χ0) is 18.9. The van der Waals surface area contributed by atoms with E-state index in [4.69, 9.17) is 0 Å². The predicted molar refractivity (Wildman–Crippen MR) is 117 cm³/mol. The standard InChI is InChI=1S/C25H31N/c1-7-10-11-20(9-3)26-23-14-12-18(8-2)16-21(23)22-17-19(25(4,5)6)13-15-24(22)26/h7,10-17H,8-9H2,1-6H3/b10-7-,20-11+. The fraction of sp³-hybridized carbons (Fsp3) is 0.360. The summed E-state index contributed by atoms with van der Waals surface area (Å²) in [5.74, 6) is 0. The molecule has 26 heavy (non-hydrogen) atoms. The van der Waals surface area contributed by atoms with E-state index < -0.39 is 0 Å². The van der Waals surface area contributed by atoms with E-state index >= 15 is 0 Å². The number of hydrogen-bond acceptors (Lipinski definition) is 0. The highest BCUT2D eigenvalue weighted by atomic mass is 15.0. The molecule has 1 nitrogen and oxygen atoms in total. The highest BCUT2D eigenvalue weighted by molar-refractivity contribution is 6.10. The Morgan fingerprint density at radius 1 is 0.962 bits per heavy atom. The van der Waals surface area contributed by atoms with Gasteiger partial charge in [-0.2, -0.15) is 0 Å². The fourth-order valence-electron chi connectivity index (χ4n) is 3.62. The van der Waals surface area contributed by atoms with Crippen LogP contribution in [0.2, 0.25) is 0 Å². The first kappa shape index (κ1) is 18.5. The van der Waals surface area contributed by atoms with E-state index in [1.165, 1.54) is 38.6 Å². The fourth-order valence-corrected chi connectivity index (χ4v) is 3.62. The van der Waals surface area contributed by atoms with Crippen LogP contribution in [0.4, 0.5) is 0 Å². The molecule has 3 aromatic rings. The van der Waals surface area contributed by atoms with Gasteiger partial charge >= 0.3 is 0 Å². The average Bonchev–Trinajstić information content (AvgIpc) is 2.95. The van der Waals surface area contributed by atoms with Crippen LogP contribution in [-0.2, 0) is 11.8 Å². The Kier molecular flexibility index (Phi) is 5.09. The molecule has 0 aliphatic heterocycles. The molecule has 0 fully saturated rings. The van der Waals surface area contributed by atoms with Gasteiger partial charge in [0.1, 0.15) is 0 Å². The molecule has 0 amide bonds. The minimum absolute atomic E-state index is 0.152. The zero-order valence-electron chi connectivity index (χ0n) is 17.1. The van der Waals surface area contributed by atoms with Crippen molar-refractivity contribution in [1.82, 2.24) is 4.57 Å². The molecule has 2 aromatic carbocycles. The molecule has 0 aliphatic carbocycles. The number of nitrogens with zero attached hydrogens (tertiary/aromatic N) is 1. The van der Waals surface area contributed by atoms with Crippen molar-refractivity contribution in [3.8, 4) is 0 Å². The second-order valence-corrected chi connectivity index (χ2v) is 8.06. The van der Waals surface area contributed by atoms with Gasteiger partial charge < -0.3 is 4.57 Å². The SMILES string of the molecule is C/C=C\C=C(/CC)n1c2ccc(CC)cc2c2cc(C(C)(C)C)ccc21. The molecule has 0 saturated carbocycles. The van der Waals surface area contributed by atoms with Gasteiger partial charge in [0.2, 0.25) is 0 Å². The second kappa shape index (κ2) is 7.15. The van der Waals surface area contributed by atoms with E-state index in [1.54, 1.807) is 0 Å². The first-order valence-corrected chi connectivity index (χ1v) is 9.80. The van der Waals surface area contributed by atoms with Gasteiger partial charge in [-0.1, -0.05) is 58.9 Å². The van der Waals surface area contributed by atoms with Gasteiger partial charge in [-0.05, 0) is 66.6 Å². The number of rotatable bonds is 4. The number of aromatic nitrogens is 1. The average molecular weight is 346 g/mol. The highest BCUT2D eigenvalue weighted by Crippen LogP contribution is 2.36. The van der Waals surface area contributed by atoms with Gasteiger partial charge in [-0.3, -0.25) is 0 Å². The molecule has 0 bridgehead atoms. The molecule has 0 atom stereocenters. The lowest BCUT2D eigenvalue weighted by Crippen LogP contribution is -2.10. The summed E-state index contributed by atoms with van der Waals surface area (Å²) in [4.78, 5) is 0. The minimum Gasteiger partial charge on any atom is -0.313 e. The Labute approximate surface area is 158 Å². The Morgan fingerprint density at radius 2 is 1.62 bits per heavy atom. The van der Waals surface area contributed by atoms with E-state index in [1.807, 2.05) is 0 Å². The molecule has 1 heterocycles. The molecule has 0 N–H and O–H groups in total.